The number of carbonyl (C=O) groups is 2. The molecule has 3 aromatic heterocycles. The van der Waals surface area contributed by atoms with Gasteiger partial charge in [0.05, 0.1) is 0 Å². The van der Waals surface area contributed by atoms with Crippen molar-refractivity contribution >= 4 is 56.5 Å². The molecule has 0 aliphatic carbocycles. The van der Waals surface area contributed by atoms with E-state index in [2.05, 4.69) is 53.7 Å². The van der Waals surface area contributed by atoms with Crippen LogP contribution in [0.25, 0.3) is 20.4 Å². The Morgan fingerprint density at radius 1 is 0.723 bits per heavy atom. The van der Waals surface area contributed by atoms with Crippen LogP contribution in [-0.2, 0) is 0 Å². The van der Waals surface area contributed by atoms with Crippen LogP contribution < -0.4 is 8.79 Å². The first-order valence-electron chi connectivity index (χ1n) is 19.0. The molecule has 2 aliphatic rings. The fourth-order valence-electron chi connectivity index (χ4n) is 8.33. The molecule has 4 nitrogen and oxygen atoms in total. The van der Waals surface area contributed by atoms with Gasteiger partial charge in [-0.15, -0.1) is 0 Å². The molecule has 0 saturated carbocycles. The molecule has 0 radical (unpaired) electrons. The predicted octanol–water partition coefficient (Wildman–Crippen LogP) is 11.6. The molecule has 0 saturated heterocycles. The number of nitrogens with zero attached hydrogens (tertiary/aromatic N) is 1. The zero-order valence-corrected chi connectivity index (χ0v) is 34.0. The molecule has 3 atom stereocenters. The van der Waals surface area contributed by atoms with Crippen molar-refractivity contribution in [2.45, 2.75) is 149 Å². The first-order valence-corrected chi connectivity index (χ1v) is 25.7. The first-order chi connectivity index (χ1) is 22.7. The molecular formula is C40H59GeNO3S2. The molecule has 3 unspecified atom stereocenters. The summed E-state index contributed by atoms with van der Waals surface area (Å²) in [6.45, 7) is 16.1. The predicted molar refractivity (Wildman–Crippen MR) is 205 cm³/mol. The van der Waals surface area contributed by atoms with Crippen LogP contribution in [0.15, 0.2) is 16.5 Å². The van der Waals surface area contributed by atoms with Gasteiger partial charge in [0.1, 0.15) is 0 Å². The fraction of sp³-hybridized carbons (Fsp3) is 0.650. The molecule has 0 N–H and O–H groups in total. The third-order valence-electron chi connectivity index (χ3n) is 11.2. The van der Waals surface area contributed by atoms with Crippen LogP contribution in [-0.4, -0.2) is 36.5 Å². The molecule has 258 valence electrons. The van der Waals surface area contributed by atoms with Crippen LogP contribution >= 0.6 is 22.7 Å². The summed E-state index contributed by atoms with van der Waals surface area (Å²) in [5.74, 6) is 2.02. The topological polar surface area (TPSA) is 50.5 Å². The number of hydrogen-bond acceptors (Lipinski definition) is 5. The molecule has 7 heteroatoms. The summed E-state index contributed by atoms with van der Waals surface area (Å²) in [6.07, 6.45) is 17.4. The van der Waals surface area contributed by atoms with Gasteiger partial charge in [0.25, 0.3) is 0 Å². The molecule has 2 aliphatic heterocycles. The molecule has 0 aromatic carbocycles. The number of thiophene rings is 2. The zero-order chi connectivity index (χ0) is 33.7. The zero-order valence-electron chi connectivity index (χ0n) is 30.3. The van der Waals surface area contributed by atoms with E-state index in [4.69, 9.17) is 4.42 Å². The Bertz CT molecular complexity index is 1530. The van der Waals surface area contributed by atoms with Crippen molar-refractivity contribution in [2.75, 3.05) is 6.54 Å². The van der Waals surface area contributed by atoms with Gasteiger partial charge in [-0.3, -0.25) is 0 Å². The average molecular weight is 739 g/mol. The molecule has 5 heterocycles. The molecule has 0 fully saturated rings. The molecule has 0 bridgehead atoms. The number of rotatable bonds is 20. The molecule has 2 amide bonds. The van der Waals surface area contributed by atoms with Crippen LogP contribution in [0.5, 0.6) is 0 Å². The van der Waals surface area contributed by atoms with Gasteiger partial charge in [0, 0.05) is 0 Å². The minimum atomic E-state index is -2.77. The Kier molecular flexibility index (Phi) is 12.8. The van der Waals surface area contributed by atoms with Crippen molar-refractivity contribution in [3.8, 4) is 20.4 Å². The van der Waals surface area contributed by atoms with Crippen LogP contribution in [0.2, 0.25) is 10.5 Å². The standard InChI is InChI=1S/C40H59GeNO3S2/c1-8-13-16-17-18-19-22-41(25-29(11-4)20-14-9-2)31-23-27(6)46-37(31)38-32(41)24-33(47-38)36-35-34(28(7)45-36)39(43)42(40(35)44)26-30(12-5)21-15-10-3/h23-24,29-30H,8-22,25-26H2,1-7H3. The molecule has 47 heavy (non-hydrogen) atoms. The number of imide groups is 1. The van der Waals surface area contributed by atoms with E-state index in [0.29, 0.717) is 35.1 Å². The van der Waals surface area contributed by atoms with Crippen molar-refractivity contribution in [3.05, 3.63) is 33.9 Å². The quantitative estimate of drug-likeness (QED) is 0.0659. The minimum absolute atomic E-state index is 0.154. The summed E-state index contributed by atoms with van der Waals surface area (Å²) in [7, 11) is 0. The van der Waals surface area contributed by atoms with E-state index in [9.17, 15) is 9.59 Å². The number of amides is 2. The monoisotopic (exact) mass is 739 g/mol. The normalized spacial score (nSPS) is 18.2. The third kappa shape index (κ3) is 7.31. The van der Waals surface area contributed by atoms with Crippen molar-refractivity contribution < 1.29 is 14.0 Å². The van der Waals surface area contributed by atoms with E-state index in [0.717, 1.165) is 36.5 Å². The number of aryl methyl sites for hydroxylation is 2. The number of fused-ring (bicyclic) bond motifs is 4. The van der Waals surface area contributed by atoms with E-state index in [1.165, 1.54) is 94.2 Å². The van der Waals surface area contributed by atoms with Gasteiger partial charge in [-0.2, -0.15) is 0 Å². The maximum absolute atomic E-state index is 14.0. The second-order valence-electron chi connectivity index (χ2n) is 14.5. The van der Waals surface area contributed by atoms with Crippen LogP contribution in [0.4, 0.5) is 0 Å². The van der Waals surface area contributed by atoms with E-state index >= 15 is 0 Å². The van der Waals surface area contributed by atoms with Crippen molar-refractivity contribution in [1.82, 2.24) is 4.90 Å². The second kappa shape index (κ2) is 16.4. The summed E-state index contributed by atoms with van der Waals surface area (Å²) in [5.41, 5.74) is 1.02. The van der Waals surface area contributed by atoms with Gasteiger partial charge in [0.2, 0.25) is 0 Å². The van der Waals surface area contributed by atoms with Gasteiger partial charge in [-0.25, -0.2) is 0 Å². The van der Waals surface area contributed by atoms with E-state index in [1.54, 1.807) is 8.79 Å². The first kappa shape index (κ1) is 36.6. The van der Waals surface area contributed by atoms with Gasteiger partial charge >= 0.3 is 290 Å². The number of hydrogen-bond donors (Lipinski definition) is 0. The van der Waals surface area contributed by atoms with Gasteiger partial charge < -0.3 is 0 Å². The van der Waals surface area contributed by atoms with Crippen LogP contribution in [0.3, 0.4) is 0 Å². The molecule has 3 aromatic rings. The Morgan fingerprint density at radius 2 is 1.32 bits per heavy atom. The van der Waals surface area contributed by atoms with Crippen LogP contribution in [0.1, 0.15) is 156 Å². The van der Waals surface area contributed by atoms with E-state index in [-0.39, 0.29) is 11.8 Å². The third-order valence-corrected chi connectivity index (χ3v) is 25.5. The SMILES string of the molecule is CCCCCCC[CH2][Ge]1([CH2]C(CC)CCCC)[c]2cc(C)sc2-c2sc(-c3oc(C)c4c3C(=O)N(CC(CC)CCCC)C4=O)c[c]21. The van der Waals surface area contributed by atoms with Crippen molar-refractivity contribution in [2.24, 2.45) is 11.8 Å². The average Bonchev–Trinajstić information content (AvgIpc) is 3.85. The van der Waals surface area contributed by atoms with Gasteiger partial charge in [-0.05, 0) is 0 Å². The fourth-order valence-corrected chi connectivity index (χ4v) is 26.2. The summed E-state index contributed by atoms with van der Waals surface area (Å²) in [4.78, 5) is 34.7. The summed E-state index contributed by atoms with van der Waals surface area (Å²) in [6, 6.07) is 5.04. The molecule has 0 spiro atoms. The number of unbranched alkanes of at least 4 members (excludes halogenated alkanes) is 7. The Morgan fingerprint density at radius 3 is 2.00 bits per heavy atom. The summed E-state index contributed by atoms with van der Waals surface area (Å²) in [5, 5.41) is 2.73. The van der Waals surface area contributed by atoms with Gasteiger partial charge in [0.15, 0.2) is 0 Å². The van der Waals surface area contributed by atoms with Gasteiger partial charge in [-0.1, -0.05) is 6.92 Å². The van der Waals surface area contributed by atoms with Crippen LogP contribution in [0, 0.1) is 25.7 Å². The molecular weight excluding hydrogens is 679 g/mol. The van der Waals surface area contributed by atoms with Crippen molar-refractivity contribution in [3.63, 3.8) is 0 Å². The second-order valence-corrected chi connectivity index (χ2v) is 25.6. The Hall–Kier alpha value is -1.64. The molecule has 5 rings (SSSR count). The van der Waals surface area contributed by atoms with E-state index < -0.39 is 13.3 Å². The number of furan rings is 1. The summed E-state index contributed by atoms with van der Waals surface area (Å²) >= 11 is 1.04. The Labute approximate surface area is 295 Å². The van der Waals surface area contributed by atoms with E-state index in [1.807, 2.05) is 29.6 Å². The number of carbonyl (C=O) groups excluding carboxylic acids is 2. The maximum atomic E-state index is 14.0. The summed E-state index contributed by atoms with van der Waals surface area (Å²) < 4.78 is 9.79. The Balaban J connectivity index is 1.54. The van der Waals surface area contributed by atoms with Crippen molar-refractivity contribution in [1.29, 1.82) is 0 Å².